The highest BCUT2D eigenvalue weighted by Crippen LogP contribution is 2.28. The second-order valence-electron chi connectivity index (χ2n) is 3.54. The van der Waals surface area contributed by atoms with E-state index in [9.17, 15) is 17.6 Å². The summed E-state index contributed by atoms with van der Waals surface area (Å²) in [6, 6.07) is 0.297. The van der Waals surface area contributed by atoms with Gasteiger partial charge in [-0.2, -0.15) is 0 Å². The van der Waals surface area contributed by atoms with E-state index in [4.69, 9.17) is 0 Å². The second-order valence-corrected chi connectivity index (χ2v) is 3.54. The van der Waals surface area contributed by atoms with Gasteiger partial charge in [0.15, 0.2) is 23.3 Å². The second kappa shape index (κ2) is 3.81. The number of hydrogen-bond donors (Lipinski definition) is 1. The number of benzene rings is 1. The third kappa shape index (κ3) is 1.71. The molecule has 1 atom stereocenters. The molecule has 82 valence electrons. The van der Waals surface area contributed by atoms with Crippen LogP contribution in [0.15, 0.2) is 6.07 Å². The average molecular weight is 219 g/mol. The molecular formula is C10H9F4N. The quantitative estimate of drug-likeness (QED) is 0.435. The van der Waals surface area contributed by atoms with Gasteiger partial charge in [-0.05, 0) is 25.5 Å². The minimum absolute atomic E-state index is 0.135. The summed E-state index contributed by atoms with van der Waals surface area (Å²) in [7, 11) is 0. The largest absolute Gasteiger partial charge is 0.310 e. The molecule has 1 aliphatic rings. The van der Waals surface area contributed by atoms with Gasteiger partial charge in [-0.3, -0.25) is 0 Å². The van der Waals surface area contributed by atoms with Crippen LogP contribution >= 0.6 is 0 Å². The van der Waals surface area contributed by atoms with Gasteiger partial charge in [-0.25, -0.2) is 17.6 Å². The van der Waals surface area contributed by atoms with Crippen LogP contribution in [0.3, 0.4) is 0 Å². The fourth-order valence-corrected chi connectivity index (χ4v) is 1.79. The lowest BCUT2D eigenvalue weighted by Crippen LogP contribution is -2.16. The van der Waals surface area contributed by atoms with Crippen molar-refractivity contribution in [3.05, 3.63) is 34.9 Å². The normalized spacial score (nSPS) is 20.9. The zero-order valence-corrected chi connectivity index (χ0v) is 7.79. The van der Waals surface area contributed by atoms with Crippen molar-refractivity contribution in [1.82, 2.24) is 5.32 Å². The molecule has 1 saturated heterocycles. The van der Waals surface area contributed by atoms with Crippen LogP contribution in [0.2, 0.25) is 0 Å². The van der Waals surface area contributed by atoms with E-state index in [1.165, 1.54) is 0 Å². The third-order valence-electron chi connectivity index (χ3n) is 2.57. The average Bonchev–Trinajstić information content (AvgIpc) is 2.73. The summed E-state index contributed by atoms with van der Waals surface area (Å²) in [5.74, 6) is -6.14. The van der Waals surface area contributed by atoms with Crippen molar-refractivity contribution in [2.75, 3.05) is 6.54 Å². The molecule has 1 aromatic rings. The van der Waals surface area contributed by atoms with E-state index in [2.05, 4.69) is 5.32 Å². The van der Waals surface area contributed by atoms with Gasteiger partial charge in [-0.15, -0.1) is 0 Å². The lowest BCUT2D eigenvalue weighted by atomic mass is 10.0. The van der Waals surface area contributed by atoms with Crippen molar-refractivity contribution in [1.29, 1.82) is 0 Å². The van der Waals surface area contributed by atoms with Gasteiger partial charge in [-0.1, -0.05) is 0 Å². The van der Waals surface area contributed by atoms with E-state index in [-0.39, 0.29) is 5.56 Å². The standard InChI is InChI=1S/C10H9F4N/c11-6-4-5(7-2-1-3-15-7)8(12)10(14)9(6)13/h4,7,15H,1-3H2. The lowest BCUT2D eigenvalue weighted by Gasteiger charge is -2.12. The molecule has 5 heteroatoms. The predicted octanol–water partition coefficient (Wildman–Crippen LogP) is 2.67. The number of rotatable bonds is 1. The maximum atomic E-state index is 13.3. The Hall–Kier alpha value is -1.10. The first-order chi connectivity index (χ1) is 7.11. The maximum Gasteiger partial charge on any atom is 0.197 e. The van der Waals surface area contributed by atoms with E-state index >= 15 is 0 Å². The lowest BCUT2D eigenvalue weighted by molar-refractivity contribution is 0.397. The molecule has 1 unspecified atom stereocenters. The first-order valence-corrected chi connectivity index (χ1v) is 4.67. The van der Waals surface area contributed by atoms with E-state index in [0.29, 0.717) is 13.0 Å². The number of hydrogen-bond acceptors (Lipinski definition) is 1. The summed E-state index contributed by atoms with van der Waals surface area (Å²) in [6.45, 7) is 0.671. The minimum Gasteiger partial charge on any atom is -0.310 e. The zero-order valence-electron chi connectivity index (χ0n) is 7.79. The van der Waals surface area contributed by atoms with Gasteiger partial charge < -0.3 is 5.32 Å². The Labute approximate surface area is 84.1 Å². The van der Waals surface area contributed by atoms with Crippen molar-refractivity contribution in [2.24, 2.45) is 0 Å². The summed E-state index contributed by atoms with van der Waals surface area (Å²) in [5.41, 5.74) is -0.135. The highest BCUT2D eigenvalue weighted by Gasteiger charge is 2.25. The molecular weight excluding hydrogens is 210 g/mol. The smallest absolute Gasteiger partial charge is 0.197 e. The molecule has 1 N–H and O–H groups in total. The molecule has 2 rings (SSSR count). The maximum absolute atomic E-state index is 13.3. The molecule has 0 saturated carbocycles. The van der Waals surface area contributed by atoms with Gasteiger partial charge in [0.25, 0.3) is 0 Å². The van der Waals surface area contributed by atoms with Crippen molar-refractivity contribution in [2.45, 2.75) is 18.9 Å². The highest BCUT2D eigenvalue weighted by atomic mass is 19.2. The highest BCUT2D eigenvalue weighted by molar-refractivity contribution is 5.25. The molecule has 0 bridgehead atoms. The Bertz CT molecular complexity index is 385. The van der Waals surface area contributed by atoms with Gasteiger partial charge >= 0.3 is 0 Å². The molecule has 1 aliphatic heterocycles. The third-order valence-corrected chi connectivity index (χ3v) is 2.57. The molecule has 15 heavy (non-hydrogen) atoms. The van der Waals surface area contributed by atoms with E-state index < -0.39 is 29.3 Å². The molecule has 1 aromatic carbocycles. The Balaban J connectivity index is 2.47. The Morgan fingerprint density at radius 3 is 2.40 bits per heavy atom. The Kier molecular flexibility index (Phi) is 2.65. The molecule has 0 amide bonds. The monoisotopic (exact) mass is 219 g/mol. The Morgan fingerprint density at radius 1 is 1.07 bits per heavy atom. The topological polar surface area (TPSA) is 12.0 Å². The number of nitrogens with one attached hydrogen (secondary N) is 1. The summed E-state index contributed by atoms with van der Waals surface area (Å²) in [6.07, 6.45) is 1.41. The predicted molar refractivity (Wildman–Crippen MR) is 46.3 cm³/mol. The van der Waals surface area contributed by atoms with Crippen LogP contribution in [0.25, 0.3) is 0 Å². The van der Waals surface area contributed by atoms with Gasteiger partial charge in [0.05, 0.1) is 0 Å². The summed E-state index contributed by atoms with van der Waals surface area (Å²) in [4.78, 5) is 0. The molecule has 1 heterocycles. The van der Waals surface area contributed by atoms with Crippen LogP contribution in [0.4, 0.5) is 17.6 Å². The fourth-order valence-electron chi connectivity index (χ4n) is 1.79. The van der Waals surface area contributed by atoms with Crippen molar-refractivity contribution in [3.63, 3.8) is 0 Å². The van der Waals surface area contributed by atoms with E-state index in [1.807, 2.05) is 0 Å². The molecule has 0 aliphatic carbocycles. The van der Waals surface area contributed by atoms with Crippen molar-refractivity contribution >= 4 is 0 Å². The molecule has 0 radical (unpaired) electrons. The van der Waals surface area contributed by atoms with Crippen molar-refractivity contribution < 1.29 is 17.6 Å². The van der Waals surface area contributed by atoms with Gasteiger partial charge in [0, 0.05) is 11.6 Å². The van der Waals surface area contributed by atoms with Crippen LogP contribution < -0.4 is 5.32 Å². The SMILES string of the molecule is Fc1cc(C2CCCN2)c(F)c(F)c1F. The number of halogens is 4. The summed E-state index contributed by atoms with van der Waals surface area (Å²) >= 11 is 0. The fraction of sp³-hybridized carbons (Fsp3) is 0.400. The Morgan fingerprint density at radius 2 is 1.80 bits per heavy atom. The molecule has 0 spiro atoms. The zero-order chi connectivity index (χ0) is 11.0. The van der Waals surface area contributed by atoms with Crippen LogP contribution in [-0.4, -0.2) is 6.54 Å². The summed E-state index contributed by atoms with van der Waals surface area (Å²) in [5, 5.41) is 2.89. The first kappa shape index (κ1) is 10.4. The van der Waals surface area contributed by atoms with Crippen LogP contribution in [0.5, 0.6) is 0 Å². The van der Waals surface area contributed by atoms with Crippen LogP contribution in [0, 0.1) is 23.3 Å². The van der Waals surface area contributed by atoms with Crippen molar-refractivity contribution in [3.8, 4) is 0 Å². The molecule has 0 aromatic heterocycles. The van der Waals surface area contributed by atoms with E-state index in [1.54, 1.807) is 0 Å². The minimum atomic E-state index is -1.76. The molecule has 1 fully saturated rings. The molecule has 1 nitrogen and oxygen atoms in total. The van der Waals surface area contributed by atoms with Gasteiger partial charge in [0.1, 0.15) is 0 Å². The van der Waals surface area contributed by atoms with Crippen LogP contribution in [-0.2, 0) is 0 Å². The first-order valence-electron chi connectivity index (χ1n) is 4.67. The van der Waals surface area contributed by atoms with Crippen LogP contribution in [0.1, 0.15) is 24.4 Å². The summed E-state index contributed by atoms with van der Waals surface area (Å²) < 4.78 is 51.7. The van der Waals surface area contributed by atoms with E-state index in [0.717, 1.165) is 12.5 Å². The van der Waals surface area contributed by atoms with Gasteiger partial charge in [0.2, 0.25) is 0 Å².